The summed E-state index contributed by atoms with van der Waals surface area (Å²) in [5.41, 5.74) is 0.967. The summed E-state index contributed by atoms with van der Waals surface area (Å²) in [7, 11) is 0. The topological polar surface area (TPSA) is 38.3 Å². The van der Waals surface area contributed by atoms with Crippen LogP contribution in [-0.2, 0) is 11.3 Å². The Morgan fingerprint density at radius 2 is 2.06 bits per heavy atom. The molecular weight excluding hydrogens is 226 g/mol. The number of ether oxygens (including phenoxy) is 1. The normalized spacial score (nSPS) is 10.3. The van der Waals surface area contributed by atoms with Gasteiger partial charge in [-0.2, -0.15) is 0 Å². The zero-order valence-electron chi connectivity index (χ0n) is 8.86. The molecule has 1 N–H and O–H groups in total. The molecule has 0 aliphatic heterocycles. The third-order valence-electron chi connectivity index (χ3n) is 1.83. The standard InChI is InChI=1S/C12H14ClNO2/c13-8-4-5-9-14-12(15)16-10-11-6-2-1-3-7-11/h1-7H,8-10H2,(H,14,15)/b5-4+. The van der Waals surface area contributed by atoms with E-state index in [0.717, 1.165) is 5.56 Å². The first-order valence-corrected chi connectivity index (χ1v) is 5.52. The van der Waals surface area contributed by atoms with Crippen LogP contribution in [0.1, 0.15) is 5.56 Å². The maximum atomic E-state index is 11.2. The van der Waals surface area contributed by atoms with Crippen molar-refractivity contribution in [3.8, 4) is 0 Å². The average Bonchev–Trinajstić information content (AvgIpc) is 2.33. The van der Waals surface area contributed by atoms with Crippen molar-refractivity contribution in [2.24, 2.45) is 0 Å². The number of hydrogen-bond donors (Lipinski definition) is 1. The van der Waals surface area contributed by atoms with E-state index in [4.69, 9.17) is 16.3 Å². The van der Waals surface area contributed by atoms with Gasteiger partial charge in [0, 0.05) is 12.4 Å². The number of nitrogens with one attached hydrogen (secondary N) is 1. The van der Waals surface area contributed by atoms with Crippen LogP contribution in [0.3, 0.4) is 0 Å². The molecule has 0 bridgehead atoms. The van der Waals surface area contributed by atoms with Crippen molar-refractivity contribution >= 4 is 17.7 Å². The quantitative estimate of drug-likeness (QED) is 0.634. The Bertz CT molecular complexity index is 338. The monoisotopic (exact) mass is 239 g/mol. The fourth-order valence-electron chi connectivity index (χ4n) is 1.06. The molecule has 3 nitrogen and oxygen atoms in total. The van der Waals surface area contributed by atoms with Crippen LogP contribution in [0.4, 0.5) is 4.79 Å². The van der Waals surface area contributed by atoms with E-state index >= 15 is 0 Å². The number of carbonyl (C=O) groups excluding carboxylic acids is 1. The summed E-state index contributed by atoms with van der Waals surface area (Å²) in [6.45, 7) is 0.715. The van der Waals surface area contributed by atoms with Crippen molar-refractivity contribution < 1.29 is 9.53 Å². The second kappa shape index (κ2) is 7.77. The number of amides is 1. The largest absolute Gasteiger partial charge is 0.445 e. The van der Waals surface area contributed by atoms with Crippen LogP contribution in [-0.4, -0.2) is 18.5 Å². The molecule has 0 aromatic heterocycles. The molecule has 1 rings (SSSR count). The number of hydrogen-bond acceptors (Lipinski definition) is 2. The van der Waals surface area contributed by atoms with Gasteiger partial charge in [0.15, 0.2) is 0 Å². The van der Waals surface area contributed by atoms with Gasteiger partial charge in [-0.1, -0.05) is 42.5 Å². The zero-order chi connectivity index (χ0) is 11.6. The summed E-state index contributed by atoms with van der Waals surface area (Å²) in [4.78, 5) is 11.2. The lowest BCUT2D eigenvalue weighted by molar-refractivity contribution is 0.140. The van der Waals surface area contributed by atoms with Crippen LogP contribution in [0.15, 0.2) is 42.5 Å². The minimum atomic E-state index is -0.428. The summed E-state index contributed by atoms with van der Waals surface area (Å²) < 4.78 is 4.99. The summed E-state index contributed by atoms with van der Waals surface area (Å²) in [5.74, 6) is 0.445. The highest BCUT2D eigenvalue weighted by Crippen LogP contribution is 2.00. The van der Waals surface area contributed by atoms with Crippen molar-refractivity contribution in [2.45, 2.75) is 6.61 Å². The Kier molecular flexibility index (Phi) is 6.11. The first-order valence-electron chi connectivity index (χ1n) is 4.98. The highest BCUT2D eigenvalue weighted by Gasteiger charge is 1.99. The van der Waals surface area contributed by atoms with Crippen LogP contribution < -0.4 is 5.32 Å². The van der Waals surface area contributed by atoms with Crippen molar-refractivity contribution in [2.75, 3.05) is 12.4 Å². The summed E-state index contributed by atoms with van der Waals surface area (Å²) in [6, 6.07) is 9.53. The predicted octanol–water partition coefficient (Wildman–Crippen LogP) is 2.71. The first kappa shape index (κ1) is 12.6. The average molecular weight is 240 g/mol. The number of carbonyl (C=O) groups is 1. The molecule has 0 atom stereocenters. The second-order valence-electron chi connectivity index (χ2n) is 3.07. The zero-order valence-corrected chi connectivity index (χ0v) is 9.61. The Balaban J connectivity index is 2.18. The third-order valence-corrected chi connectivity index (χ3v) is 2.01. The van der Waals surface area contributed by atoms with Crippen molar-refractivity contribution in [3.63, 3.8) is 0 Å². The fraction of sp³-hybridized carbons (Fsp3) is 0.250. The molecule has 1 aromatic carbocycles. The fourth-order valence-corrected chi connectivity index (χ4v) is 1.19. The van der Waals surface area contributed by atoms with Crippen LogP contribution in [0.5, 0.6) is 0 Å². The summed E-state index contributed by atoms with van der Waals surface area (Å²) in [5, 5.41) is 2.58. The summed E-state index contributed by atoms with van der Waals surface area (Å²) >= 11 is 5.43. The molecule has 16 heavy (non-hydrogen) atoms. The number of alkyl carbamates (subject to hydrolysis) is 1. The Morgan fingerprint density at radius 1 is 1.31 bits per heavy atom. The number of rotatable bonds is 5. The molecule has 86 valence electrons. The Hall–Kier alpha value is -1.48. The van der Waals surface area contributed by atoms with Gasteiger partial charge in [-0.15, -0.1) is 11.6 Å². The second-order valence-corrected chi connectivity index (χ2v) is 3.38. The van der Waals surface area contributed by atoms with Gasteiger partial charge in [0.2, 0.25) is 0 Å². The molecule has 0 radical (unpaired) electrons. The van der Waals surface area contributed by atoms with Crippen LogP contribution >= 0.6 is 11.6 Å². The van der Waals surface area contributed by atoms with E-state index in [9.17, 15) is 4.79 Å². The maximum Gasteiger partial charge on any atom is 0.407 e. The predicted molar refractivity (Wildman–Crippen MR) is 64.5 cm³/mol. The van der Waals surface area contributed by atoms with E-state index in [2.05, 4.69) is 5.32 Å². The Morgan fingerprint density at radius 3 is 2.75 bits per heavy atom. The number of benzene rings is 1. The summed E-state index contributed by atoms with van der Waals surface area (Å²) in [6.07, 6.45) is 3.11. The van der Waals surface area contributed by atoms with Gasteiger partial charge in [-0.25, -0.2) is 4.79 Å². The molecule has 0 unspecified atom stereocenters. The lowest BCUT2D eigenvalue weighted by Crippen LogP contribution is -2.24. The number of alkyl halides is 1. The van der Waals surface area contributed by atoms with E-state index in [1.165, 1.54) is 0 Å². The SMILES string of the molecule is O=C(NC/C=C/CCl)OCc1ccccc1. The Labute approximate surface area is 100 Å². The van der Waals surface area contributed by atoms with E-state index < -0.39 is 6.09 Å². The lowest BCUT2D eigenvalue weighted by atomic mass is 10.2. The van der Waals surface area contributed by atoms with Gasteiger partial charge < -0.3 is 10.1 Å². The van der Waals surface area contributed by atoms with Crippen LogP contribution in [0, 0.1) is 0 Å². The van der Waals surface area contributed by atoms with Crippen LogP contribution in [0.25, 0.3) is 0 Å². The molecular formula is C12H14ClNO2. The maximum absolute atomic E-state index is 11.2. The van der Waals surface area contributed by atoms with Gasteiger partial charge in [-0.05, 0) is 5.56 Å². The van der Waals surface area contributed by atoms with Crippen LogP contribution in [0.2, 0.25) is 0 Å². The van der Waals surface area contributed by atoms with E-state index in [1.54, 1.807) is 12.2 Å². The van der Waals surface area contributed by atoms with Gasteiger partial charge in [-0.3, -0.25) is 0 Å². The molecule has 0 aliphatic rings. The van der Waals surface area contributed by atoms with E-state index in [1.807, 2.05) is 30.3 Å². The molecule has 1 amide bonds. The molecule has 0 saturated heterocycles. The number of allylic oxidation sites excluding steroid dienone is 1. The van der Waals surface area contributed by atoms with Crippen molar-refractivity contribution in [1.82, 2.24) is 5.32 Å². The molecule has 0 saturated carbocycles. The molecule has 0 spiro atoms. The highest BCUT2D eigenvalue weighted by atomic mass is 35.5. The molecule has 1 aromatic rings. The van der Waals surface area contributed by atoms with Crippen molar-refractivity contribution in [3.05, 3.63) is 48.0 Å². The molecule has 0 heterocycles. The lowest BCUT2D eigenvalue weighted by Gasteiger charge is -2.04. The van der Waals surface area contributed by atoms with E-state index in [-0.39, 0.29) is 6.61 Å². The van der Waals surface area contributed by atoms with Gasteiger partial charge in [0.1, 0.15) is 6.61 Å². The highest BCUT2D eigenvalue weighted by molar-refractivity contribution is 6.18. The van der Waals surface area contributed by atoms with Crippen molar-refractivity contribution in [1.29, 1.82) is 0 Å². The molecule has 4 heteroatoms. The first-order chi connectivity index (χ1) is 7.83. The molecule has 0 fully saturated rings. The minimum absolute atomic E-state index is 0.284. The van der Waals surface area contributed by atoms with E-state index in [0.29, 0.717) is 12.4 Å². The van der Waals surface area contributed by atoms with Gasteiger partial charge in [0.25, 0.3) is 0 Å². The third kappa shape index (κ3) is 5.41. The van der Waals surface area contributed by atoms with Gasteiger partial charge in [0.05, 0.1) is 0 Å². The molecule has 0 aliphatic carbocycles. The smallest absolute Gasteiger partial charge is 0.407 e. The number of halogens is 1. The van der Waals surface area contributed by atoms with Gasteiger partial charge >= 0.3 is 6.09 Å². The minimum Gasteiger partial charge on any atom is -0.445 e.